The zero-order valence-electron chi connectivity index (χ0n) is 9.53. The summed E-state index contributed by atoms with van der Waals surface area (Å²) < 4.78 is 0. The zero-order valence-corrected chi connectivity index (χ0v) is 9.53. The first-order chi connectivity index (χ1) is 7.76. The van der Waals surface area contributed by atoms with E-state index in [2.05, 4.69) is 40.2 Å². The van der Waals surface area contributed by atoms with Crippen LogP contribution < -0.4 is 16.2 Å². The maximum Gasteiger partial charge on any atom is 0.334 e. The molecule has 1 rings (SSSR count). The number of hydrogen-bond acceptors (Lipinski definition) is 4. The molecule has 88 valence electrons. The van der Waals surface area contributed by atoms with E-state index in [1.807, 2.05) is 0 Å². The number of urea groups is 1. The molecule has 0 aliphatic heterocycles. The third kappa shape index (κ3) is 4.22. The number of hydrazine groups is 1. The minimum Gasteiger partial charge on any atom is -0.290 e. The fourth-order valence-corrected chi connectivity index (χ4v) is 1.18. The van der Waals surface area contributed by atoms with E-state index >= 15 is 0 Å². The van der Waals surface area contributed by atoms with E-state index in [-0.39, 0.29) is 12.1 Å². The lowest BCUT2D eigenvalue weighted by Crippen LogP contribution is -2.45. The Balaban J connectivity index is 2.31. The van der Waals surface area contributed by atoms with Gasteiger partial charge in [-0.15, -0.1) is 5.10 Å². The van der Waals surface area contributed by atoms with E-state index in [0.717, 1.165) is 12.8 Å². The highest BCUT2D eigenvalue weighted by atomic mass is 16.2. The van der Waals surface area contributed by atoms with Gasteiger partial charge in [0.2, 0.25) is 0 Å². The summed E-state index contributed by atoms with van der Waals surface area (Å²) in [5, 5.41) is 9.95. The van der Waals surface area contributed by atoms with Crippen LogP contribution in [-0.2, 0) is 0 Å². The lowest BCUT2D eigenvalue weighted by Gasteiger charge is -2.15. The highest BCUT2D eigenvalue weighted by Gasteiger charge is 2.05. The van der Waals surface area contributed by atoms with Crippen molar-refractivity contribution in [2.75, 3.05) is 5.32 Å². The Morgan fingerprint density at radius 2 is 2.19 bits per heavy atom. The van der Waals surface area contributed by atoms with Crippen molar-refractivity contribution in [2.45, 2.75) is 32.7 Å². The van der Waals surface area contributed by atoms with Gasteiger partial charge < -0.3 is 0 Å². The molecule has 0 fully saturated rings. The average Bonchev–Trinajstić information content (AvgIpc) is 2.31. The number of rotatable bonds is 5. The van der Waals surface area contributed by atoms with Crippen molar-refractivity contribution < 1.29 is 4.79 Å². The molecule has 0 unspecified atom stereocenters. The molecular weight excluding hydrogens is 206 g/mol. The molecule has 16 heavy (non-hydrogen) atoms. The van der Waals surface area contributed by atoms with Crippen LogP contribution in [0.4, 0.5) is 10.6 Å². The maximum absolute atomic E-state index is 11.4. The lowest BCUT2D eigenvalue weighted by molar-refractivity contribution is 0.244. The lowest BCUT2D eigenvalue weighted by atomic mass is 10.2. The molecule has 1 heterocycles. The van der Waals surface area contributed by atoms with Crippen molar-refractivity contribution in [2.24, 2.45) is 0 Å². The van der Waals surface area contributed by atoms with Crippen LogP contribution in [0.3, 0.4) is 0 Å². The molecule has 1 aromatic heterocycles. The molecule has 0 atom stereocenters. The number of carbonyl (C=O) groups excluding carboxylic acids is 1. The van der Waals surface area contributed by atoms with Crippen LogP contribution in [0.5, 0.6) is 0 Å². The molecule has 6 heteroatoms. The van der Waals surface area contributed by atoms with E-state index in [1.165, 1.54) is 0 Å². The van der Waals surface area contributed by atoms with Crippen LogP contribution in [0.25, 0.3) is 0 Å². The van der Waals surface area contributed by atoms with Crippen LogP contribution in [0.2, 0.25) is 0 Å². The van der Waals surface area contributed by atoms with Crippen molar-refractivity contribution in [3.63, 3.8) is 0 Å². The Hall–Kier alpha value is -1.69. The van der Waals surface area contributed by atoms with Gasteiger partial charge in [0, 0.05) is 12.2 Å². The van der Waals surface area contributed by atoms with Gasteiger partial charge in [0.05, 0.1) is 0 Å². The predicted octanol–water partition coefficient (Wildman–Crippen LogP) is 1.29. The van der Waals surface area contributed by atoms with Crippen molar-refractivity contribution >= 4 is 11.8 Å². The predicted molar refractivity (Wildman–Crippen MR) is 61.7 cm³/mol. The average molecular weight is 223 g/mol. The third-order valence-electron chi connectivity index (χ3n) is 2.19. The molecule has 2 amide bonds. The minimum absolute atomic E-state index is 0.285. The van der Waals surface area contributed by atoms with Gasteiger partial charge in [0.15, 0.2) is 5.82 Å². The summed E-state index contributed by atoms with van der Waals surface area (Å²) in [7, 11) is 0. The van der Waals surface area contributed by atoms with Gasteiger partial charge in [-0.05, 0) is 25.0 Å². The van der Waals surface area contributed by atoms with Gasteiger partial charge in [0.1, 0.15) is 0 Å². The van der Waals surface area contributed by atoms with Gasteiger partial charge in [-0.2, -0.15) is 5.10 Å². The van der Waals surface area contributed by atoms with Crippen LogP contribution in [0.15, 0.2) is 18.3 Å². The topological polar surface area (TPSA) is 78.9 Å². The first kappa shape index (κ1) is 12.4. The number of aromatic nitrogens is 2. The van der Waals surface area contributed by atoms with E-state index < -0.39 is 0 Å². The van der Waals surface area contributed by atoms with Crippen LogP contribution in [-0.4, -0.2) is 22.3 Å². The summed E-state index contributed by atoms with van der Waals surface area (Å²) in [6, 6.07) is 3.32. The SMILES string of the molecule is CCC(CC)NNC(=O)Nc1cccnn1. The van der Waals surface area contributed by atoms with Gasteiger partial charge in [-0.25, -0.2) is 10.2 Å². The smallest absolute Gasteiger partial charge is 0.290 e. The van der Waals surface area contributed by atoms with E-state index in [4.69, 9.17) is 0 Å². The number of nitrogens with one attached hydrogen (secondary N) is 3. The fourth-order valence-electron chi connectivity index (χ4n) is 1.18. The first-order valence-corrected chi connectivity index (χ1v) is 5.36. The van der Waals surface area contributed by atoms with Gasteiger partial charge in [-0.3, -0.25) is 10.7 Å². The van der Waals surface area contributed by atoms with E-state index in [9.17, 15) is 4.79 Å². The van der Waals surface area contributed by atoms with Crippen molar-refractivity contribution in [1.29, 1.82) is 0 Å². The second-order valence-corrected chi connectivity index (χ2v) is 3.35. The summed E-state index contributed by atoms with van der Waals surface area (Å²) in [5.41, 5.74) is 5.49. The molecule has 0 aliphatic carbocycles. The summed E-state index contributed by atoms with van der Waals surface area (Å²) in [6.07, 6.45) is 3.47. The summed E-state index contributed by atoms with van der Waals surface area (Å²) >= 11 is 0. The second-order valence-electron chi connectivity index (χ2n) is 3.35. The largest absolute Gasteiger partial charge is 0.334 e. The molecule has 0 saturated carbocycles. The van der Waals surface area contributed by atoms with Gasteiger partial charge in [-0.1, -0.05) is 13.8 Å². The van der Waals surface area contributed by atoms with Crippen LogP contribution in [0.1, 0.15) is 26.7 Å². The molecular formula is C10H17N5O. The summed E-state index contributed by atoms with van der Waals surface area (Å²) in [4.78, 5) is 11.4. The zero-order chi connectivity index (χ0) is 11.8. The van der Waals surface area contributed by atoms with Gasteiger partial charge >= 0.3 is 6.03 Å². The summed E-state index contributed by atoms with van der Waals surface area (Å²) in [6.45, 7) is 4.12. The number of amides is 2. The fraction of sp³-hybridized carbons (Fsp3) is 0.500. The second kappa shape index (κ2) is 6.73. The standard InChI is InChI=1S/C10H17N5O/c1-3-8(4-2)13-15-10(16)12-9-6-5-7-11-14-9/h5-8,13H,3-4H2,1-2H3,(H2,12,14,15,16). The number of anilines is 1. The number of hydrogen-bond donors (Lipinski definition) is 3. The Bertz CT molecular complexity index is 312. The molecule has 0 bridgehead atoms. The van der Waals surface area contributed by atoms with Crippen molar-refractivity contribution in [3.8, 4) is 0 Å². The molecule has 0 aliphatic rings. The maximum atomic E-state index is 11.4. The Morgan fingerprint density at radius 1 is 1.44 bits per heavy atom. The monoisotopic (exact) mass is 223 g/mol. The molecule has 3 N–H and O–H groups in total. The molecule has 6 nitrogen and oxygen atoms in total. The van der Waals surface area contributed by atoms with Gasteiger partial charge in [0.25, 0.3) is 0 Å². The van der Waals surface area contributed by atoms with Crippen LogP contribution >= 0.6 is 0 Å². The number of nitrogens with zero attached hydrogens (tertiary/aromatic N) is 2. The third-order valence-corrected chi connectivity index (χ3v) is 2.19. The molecule has 0 spiro atoms. The normalized spacial score (nSPS) is 10.2. The Kier molecular flexibility index (Phi) is 5.21. The van der Waals surface area contributed by atoms with Crippen LogP contribution in [0, 0.1) is 0 Å². The Labute approximate surface area is 94.8 Å². The van der Waals surface area contributed by atoms with E-state index in [0.29, 0.717) is 5.82 Å². The van der Waals surface area contributed by atoms with E-state index in [1.54, 1.807) is 18.3 Å². The summed E-state index contributed by atoms with van der Waals surface area (Å²) in [5.74, 6) is 0.423. The van der Waals surface area contributed by atoms with Crippen molar-refractivity contribution in [3.05, 3.63) is 18.3 Å². The number of carbonyl (C=O) groups is 1. The quantitative estimate of drug-likeness (QED) is 0.657. The minimum atomic E-state index is -0.340. The molecule has 0 aromatic carbocycles. The Morgan fingerprint density at radius 3 is 2.75 bits per heavy atom. The highest BCUT2D eigenvalue weighted by molar-refractivity contribution is 5.87. The highest BCUT2D eigenvalue weighted by Crippen LogP contribution is 1.97. The molecule has 0 saturated heterocycles. The molecule has 0 radical (unpaired) electrons. The molecule has 1 aromatic rings. The first-order valence-electron chi connectivity index (χ1n) is 5.36. The van der Waals surface area contributed by atoms with Crippen molar-refractivity contribution in [1.82, 2.24) is 21.0 Å².